The number of likely N-dealkylation sites (tertiary alicyclic amines) is 1. The number of carbonyl (C=O) groups excluding carboxylic acids is 1. The van der Waals surface area contributed by atoms with Gasteiger partial charge in [-0.25, -0.2) is 0 Å². The summed E-state index contributed by atoms with van der Waals surface area (Å²) in [7, 11) is 0. The van der Waals surface area contributed by atoms with Gasteiger partial charge in [0.15, 0.2) is 5.66 Å². The lowest BCUT2D eigenvalue weighted by atomic mass is 9.84. The Morgan fingerprint density at radius 2 is 1.96 bits per heavy atom. The SMILES string of the molecule is C#CCCC1(CCC(=O)N2CC(C(=O)O)CC(c3ccccc3)C2)N=N1. The van der Waals surface area contributed by atoms with Crippen molar-refractivity contribution < 1.29 is 14.7 Å². The molecule has 0 spiro atoms. The van der Waals surface area contributed by atoms with Crippen molar-refractivity contribution in [1.29, 1.82) is 0 Å². The molecule has 0 aromatic heterocycles. The average Bonchev–Trinajstić information content (AvgIpc) is 3.45. The maximum atomic E-state index is 12.7. The first-order valence-corrected chi connectivity index (χ1v) is 8.96. The lowest BCUT2D eigenvalue weighted by molar-refractivity contribution is -0.146. The van der Waals surface area contributed by atoms with Crippen molar-refractivity contribution in [3.8, 4) is 12.3 Å². The topological polar surface area (TPSA) is 82.3 Å². The molecule has 2 atom stereocenters. The molecule has 1 aromatic rings. The molecule has 0 radical (unpaired) electrons. The van der Waals surface area contributed by atoms with Crippen LogP contribution < -0.4 is 0 Å². The first-order valence-electron chi connectivity index (χ1n) is 8.96. The molecule has 0 saturated carbocycles. The number of carboxylic acid groups (broad SMARTS) is 1. The number of piperidine rings is 1. The van der Waals surface area contributed by atoms with Crippen LogP contribution in [-0.2, 0) is 9.59 Å². The summed E-state index contributed by atoms with van der Waals surface area (Å²) in [6.45, 7) is 0.821. The maximum Gasteiger partial charge on any atom is 0.308 e. The molecule has 1 fully saturated rings. The van der Waals surface area contributed by atoms with Gasteiger partial charge in [-0.3, -0.25) is 9.59 Å². The Bertz CT molecular complexity index is 732. The third kappa shape index (κ3) is 4.29. The van der Waals surface area contributed by atoms with E-state index in [2.05, 4.69) is 16.1 Å². The Morgan fingerprint density at radius 1 is 1.23 bits per heavy atom. The molecule has 1 saturated heterocycles. The molecule has 6 nitrogen and oxygen atoms in total. The number of terminal acetylenes is 1. The third-order valence-electron chi connectivity index (χ3n) is 5.22. The van der Waals surface area contributed by atoms with E-state index in [0.29, 0.717) is 38.6 Å². The predicted molar refractivity (Wildman–Crippen MR) is 96.4 cm³/mol. The third-order valence-corrected chi connectivity index (χ3v) is 5.22. The van der Waals surface area contributed by atoms with Gasteiger partial charge in [-0.2, -0.15) is 10.2 Å². The molecule has 2 aliphatic rings. The number of rotatable bonds is 7. The molecular formula is C20H23N3O3. The summed E-state index contributed by atoms with van der Waals surface area (Å²) in [5.41, 5.74) is 0.594. The minimum Gasteiger partial charge on any atom is -0.481 e. The summed E-state index contributed by atoms with van der Waals surface area (Å²) < 4.78 is 0. The first kappa shape index (κ1) is 18.1. The molecule has 1 aromatic carbocycles. The molecule has 0 aliphatic carbocycles. The number of aliphatic carboxylic acids is 1. The molecule has 0 bridgehead atoms. The van der Waals surface area contributed by atoms with E-state index in [9.17, 15) is 14.7 Å². The Kier molecular flexibility index (Phi) is 5.36. The number of carboxylic acids is 1. The summed E-state index contributed by atoms with van der Waals surface area (Å²) >= 11 is 0. The molecule has 1 N–H and O–H groups in total. The second-order valence-corrected chi connectivity index (χ2v) is 7.06. The van der Waals surface area contributed by atoms with Gasteiger partial charge in [0.1, 0.15) is 0 Å². The van der Waals surface area contributed by atoms with Gasteiger partial charge < -0.3 is 10.0 Å². The van der Waals surface area contributed by atoms with Crippen molar-refractivity contribution in [3.05, 3.63) is 35.9 Å². The summed E-state index contributed by atoms with van der Waals surface area (Å²) in [4.78, 5) is 26.0. The monoisotopic (exact) mass is 353 g/mol. The maximum absolute atomic E-state index is 12.7. The molecule has 1 amide bonds. The minimum absolute atomic E-state index is 0.0331. The molecule has 2 aliphatic heterocycles. The predicted octanol–water partition coefficient (Wildman–Crippen LogP) is 3.06. The fraction of sp³-hybridized carbons (Fsp3) is 0.500. The zero-order chi connectivity index (χ0) is 18.6. The summed E-state index contributed by atoms with van der Waals surface area (Å²) in [5, 5.41) is 17.6. The van der Waals surface area contributed by atoms with Crippen LogP contribution in [0.25, 0.3) is 0 Å². The zero-order valence-electron chi connectivity index (χ0n) is 14.7. The minimum atomic E-state index is -0.846. The van der Waals surface area contributed by atoms with Gasteiger partial charge in [0.05, 0.1) is 5.92 Å². The zero-order valence-corrected chi connectivity index (χ0v) is 14.7. The van der Waals surface area contributed by atoms with E-state index in [1.54, 1.807) is 4.90 Å². The van der Waals surface area contributed by atoms with Gasteiger partial charge in [-0.1, -0.05) is 30.3 Å². The smallest absolute Gasteiger partial charge is 0.308 e. The Hall–Kier alpha value is -2.68. The van der Waals surface area contributed by atoms with E-state index in [1.165, 1.54) is 0 Å². The molecule has 2 heterocycles. The Labute approximate surface area is 153 Å². The first-order chi connectivity index (χ1) is 12.5. The molecule has 2 unspecified atom stereocenters. The number of benzene rings is 1. The van der Waals surface area contributed by atoms with Gasteiger partial charge in [0.2, 0.25) is 5.91 Å². The van der Waals surface area contributed by atoms with Crippen LogP contribution in [0.1, 0.15) is 43.6 Å². The Balaban J connectivity index is 1.63. The fourth-order valence-corrected chi connectivity index (χ4v) is 3.58. The lowest BCUT2D eigenvalue weighted by Gasteiger charge is -2.36. The molecule has 6 heteroatoms. The second-order valence-electron chi connectivity index (χ2n) is 7.06. The van der Waals surface area contributed by atoms with Gasteiger partial charge >= 0.3 is 5.97 Å². The highest BCUT2D eigenvalue weighted by Crippen LogP contribution is 2.38. The van der Waals surface area contributed by atoms with Gasteiger partial charge in [0, 0.05) is 44.7 Å². The lowest BCUT2D eigenvalue weighted by Crippen LogP contribution is -2.45. The van der Waals surface area contributed by atoms with E-state index >= 15 is 0 Å². The van der Waals surface area contributed by atoms with Crippen molar-refractivity contribution in [3.63, 3.8) is 0 Å². The van der Waals surface area contributed by atoms with E-state index < -0.39 is 17.6 Å². The van der Waals surface area contributed by atoms with Crippen molar-refractivity contribution in [1.82, 2.24) is 4.90 Å². The van der Waals surface area contributed by atoms with Gasteiger partial charge in [0.25, 0.3) is 0 Å². The second kappa shape index (κ2) is 7.69. The van der Waals surface area contributed by atoms with E-state index in [-0.39, 0.29) is 18.4 Å². The number of carbonyl (C=O) groups is 2. The van der Waals surface area contributed by atoms with Gasteiger partial charge in [-0.05, 0) is 12.0 Å². The van der Waals surface area contributed by atoms with Crippen LogP contribution in [0.15, 0.2) is 40.6 Å². The van der Waals surface area contributed by atoms with Crippen LogP contribution in [0.2, 0.25) is 0 Å². The fourth-order valence-electron chi connectivity index (χ4n) is 3.58. The summed E-state index contributed by atoms with van der Waals surface area (Å²) in [5.74, 6) is 1.20. The standard InChI is InChI=1S/C20H23N3O3/c1-2-3-10-20(21-22-20)11-9-18(24)23-13-16(12-17(14-23)19(25)26)15-7-5-4-6-8-15/h1,4-8,16-17H,3,9-14H2,(H,25,26). The number of nitrogens with zero attached hydrogens (tertiary/aromatic N) is 3. The van der Waals surface area contributed by atoms with E-state index in [0.717, 1.165) is 5.56 Å². The largest absolute Gasteiger partial charge is 0.481 e. The molecule has 26 heavy (non-hydrogen) atoms. The van der Waals surface area contributed by atoms with Crippen LogP contribution in [0.4, 0.5) is 0 Å². The van der Waals surface area contributed by atoms with Crippen LogP contribution in [0.3, 0.4) is 0 Å². The van der Waals surface area contributed by atoms with Crippen LogP contribution in [-0.4, -0.2) is 40.6 Å². The van der Waals surface area contributed by atoms with E-state index in [4.69, 9.17) is 6.42 Å². The quantitative estimate of drug-likeness (QED) is 0.765. The highest BCUT2D eigenvalue weighted by Gasteiger charge is 2.40. The number of hydrogen-bond acceptors (Lipinski definition) is 4. The van der Waals surface area contributed by atoms with Crippen molar-refractivity contribution in [2.75, 3.05) is 13.1 Å². The molecular weight excluding hydrogens is 330 g/mol. The van der Waals surface area contributed by atoms with Crippen molar-refractivity contribution in [2.45, 2.75) is 43.7 Å². The average molecular weight is 353 g/mol. The van der Waals surface area contributed by atoms with Crippen molar-refractivity contribution >= 4 is 11.9 Å². The number of amides is 1. The van der Waals surface area contributed by atoms with Crippen LogP contribution >= 0.6 is 0 Å². The molecule has 3 rings (SSSR count). The number of hydrogen-bond donors (Lipinski definition) is 1. The summed E-state index contributed by atoms with van der Waals surface area (Å²) in [6, 6.07) is 9.80. The van der Waals surface area contributed by atoms with E-state index in [1.807, 2.05) is 30.3 Å². The van der Waals surface area contributed by atoms with Crippen LogP contribution in [0, 0.1) is 18.3 Å². The Morgan fingerprint density at radius 3 is 2.58 bits per heavy atom. The molecule has 136 valence electrons. The van der Waals surface area contributed by atoms with Crippen LogP contribution in [0.5, 0.6) is 0 Å². The van der Waals surface area contributed by atoms with Gasteiger partial charge in [-0.15, -0.1) is 12.3 Å². The highest BCUT2D eigenvalue weighted by molar-refractivity contribution is 5.78. The van der Waals surface area contributed by atoms with Crippen molar-refractivity contribution in [2.24, 2.45) is 16.1 Å². The normalized spacial score (nSPS) is 23.3. The summed E-state index contributed by atoms with van der Waals surface area (Å²) in [6.07, 6.45) is 7.95. The highest BCUT2D eigenvalue weighted by atomic mass is 16.4.